The molecule has 0 amide bonds. The SMILES string of the molecule is CNc1cc(N2CCCCCC2)nc(C(C)C)n1. The normalized spacial score (nSPS) is 16.8. The predicted molar refractivity (Wildman–Crippen MR) is 76.3 cm³/mol. The molecule has 2 rings (SSSR count). The molecule has 1 aromatic heterocycles. The summed E-state index contributed by atoms with van der Waals surface area (Å²) in [5.41, 5.74) is 0. The van der Waals surface area contributed by atoms with Crippen molar-refractivity contribution in [1.29, 1.82) is 0 Å². The average molecular weight is 248 g/mol. The Hall–Kier alpha value is -1.32. The zero-order valence-electron chi connectivity index (χ0n) is 11.7. The van der Waals surface area contributed by atoms with E-state index in [0.717, 1.165) is 30.5 Å². The molecule has 4 nitrogen and oxygen atoms in total. The van der Waals surface area contributed by atoms with E-state index in [0.29, 0.717) is 5.92 Å². The molecule has 0 bridgehead atoms. The van der Waals surface area contributed by atoms with Crippen molar-refractivity contribution in [2.45, 2.75) is 45.4 Å². The van der Waals surface area contributed by atoms with Crippen molar-refractivity contribution in [2.24, 2.45) is 0 Å². The van der Waals surface area contributed by atoms with E-state index in [1.807, 2.05) is 7.05 Å². The van der Waals surface area contributed by atoms with Crippen LogP contribution < -0.4 is 10.2 Å². The zero-order valence-corrected chi connectivity index (χ0v) is 11.7. The molecule has 0 saturated carbocycles. The summed E-state index contributed by atoms with van der Waals surface area (Å²) < 4.78 is 0. The van der Waals surface area contributed by atoms with Crippen LogP contribution in [0, 0.1) is 0 Å². The lowest BCUT2D eigenvalue weighted by Gasteiger charge is -2.22. The van der Waals surface area contributed by atoms with Gasteiger partial charge in [-0.05, 0) is 12.8 Å². The molecule has 0 aliphatic carbocycles. The van der Waals surface area contributed by atoms with Crippen LogP contribution in [0.3, 0.4) is 0 Å². The molecule has 1 aromatic rings. The van der Waals surface area contributed by atoms with Gasteiger partial charge in [0.05, 0.1) is 0 Å². The Bertz CT molecular complexity index is 381. The van der Waals surface area contributed by atoms with E-state index in [2.05, 4.69) is 35.1 Å². The van der Waals surface area contributed by atoms with E-state index in [-0.39, 0.29) is 0 Å². The molecule has 1 N–H and O–H groups in total. The first-order valence-electron chi connectivity index (χ1n) is 7.02. The van der Waals surface area contributed by atoms with E-state index in [9.17, 15) is 0 Å². The van der Waals surface area contributed by atoms with Crippen molar-refractivity contribution >= 4 is 11.6 Å². The topological polar surface area (TPSA) is 41.0 Å². The number of rotatable bonds is 3. The number of hydrogen-bond acceptors (Lipinski definition) is 4. The van der Waals surface area contributed by atoms with Crippen LogP contribution in [0.5, 0.6) is 0 Å². The third kappa shape index (κ3) is 3.12. The van der Waals surface area contributed by atoms with Gasteiger partial charge in [-0.2, -0.15) is 0 Å². The van der Waals surface area contributed by atoms with Gasteiger partial charge >= 0.3 is 0 Å². The maximum absolute atomic E-state index is 4.72. The quantitative estimate of drug-likeness (QED) is 0.892. The Labute approximate surface area is 110 Å². The highest BCUT2D eigenvalue weighted by molar-refractivity contribution is 5.49. The number of aromatic nitrogens is 2. The van der Waals surface area contributed by atoms with Crippen LogP contribution in [-0.2, 0) is 0 Å². The van der Waals surface area contributed by atoms with Crippen LogP contribution in [0.1, 0.15) is 51.3 Å². The maximum atomic E-state index is 4.72. The second kappa shape index (κ2) is 6.03. The molecule has 1 aliphatic rings. The standard InChI is InChI=1S/C14H24N4/c1-11(2)14-16-12(15-3)10-13(17-14)18-8-6-4-5-7-9-18/h10-11H,4-9H2,1-3H3,(H,15,16,17). The molecule has 18 heavy (non-hydrogen) atoms. The molecule has 0 spiro atoms. The minimum Gasteiger partial charge on any atom is -0.373 e. The molecule has 0 radical (unpaired) electrons. The van der Waals surface area contributed by atoms with Gasteiger partial charge in [-0.25, -0.2) is 9.97 Å². The second-order valence-electron chi connectivity index (χ2n) is 5.28. The Morgan fingerprint density at radius 2 is 1.78 bits per heavy atom. The fourth-order valence-electron chi connectivity index (χ4n) is 2.30. The summed E-state index contributed by atoms with van der Waals surface area (Å²) in [7, 11) is 1.92. The summed E-state index contributed by atoms with van der Waals surface area (Å²) in [5, 5.41) is 3.14. The van der Waals surface area contributed by atoms with Gasteiger partial charge in [0.15, 0.2) is 0 Å². The molecule has 4 heteroatoms. The van der Waals surface area contributed by atoms with E-state index < -0.39 is 0 Å². The minimum atomic E-state index is 0.365. The Kier molecular flexibility index (Phi) is 4.39. The molecule has 1 aliphatic heterocycles. The van der Waals surface area contributed by atoms with Crippen LogP contribution in [0.15, 0.2) is 6.07 Å². The van der Waals surface area contributed by atoms with E-state index in [1.165, 1.54) is 25.7 Å². The average Bonchev–Trinajstić information content (AvgIpc) is 2.67. The van der Waals surface area contributed by atoms with Crippen LogP contribution >= 0.6 is 0 Å². The molecule has 0 atom stereocenters. The lowest BCUT2D eigenvalue weighted by atomic mass is 10.2. The number of nitrogens with one attached hydrogen (secondary N) is 1. The lowest BCUT2D eigenvalue weighted by Crippen LogP contribution is -2.25. The van der Waals surface area contributed by atoms with Crippen LogP contribution in [0.25, 0.3) is 0 Å². The molecule has 0 aromatic carbocycles. The van der Waals surface area contributed by atoms with E-state index in [4.69, 9.17) is 4.98 Å². The summed E-state index contributed by atoms with van der Waals surface area (Å²) in [6.45, 7) is 6.53. The molecule has 100 valence electrons. The van der Waals surface area contributed by atoms with Crippen molar-refractivity contribution in [3.8, 4) is 0 Å². The summed E-state index contributed by atoms with van der Waals surface area (Å²) >= 11 is 0. The highest BCUT2D eigenvalue weighted by Crippen LogP contribution is 2.22. The van der Waals surface area contributed by atoms with Gasteiger partial charge in [0, 0.05) is 32.1 Å². The number of hydrogen-bond donors (Lipinski definition) is 1. The predicted octanol–water partition coefficient (Wildman–Crippen LogP) is 3.02. The Balaban J connectivity index is 2.27. The molecule has 2 heterocycles. The van der Waals surface area contributed by atoms with Crippen molar-refractivity contribution in [2.75, 3.05) is 30.4 Å². The first kappa shape index (κ1) is 13.1. The second-order valence-corrected chi connectivity index (χ2v) is 5.28. The third-order valence-corrected chi connectivity index (χ3v) is 3.43. The van der Waals surface area contributed by atoms with Gasteiger partial charge in [-0.3, -0.25) is 0 Å². The third-order valence-electron chi connectivity index (χ3n) is 3.43. The summed E-state index contributed by atoms with van der Waals surface area (Å²) in [6.07, 6.45) is 5.24. The maximum Gasteiger partial charge on any atom is 0.135 e. The lowest BCUT2D eigenvalue weighted by molar-refractivity contribution is 0.726. The van der Waals surface area contributed by atoms with E-state index in [1.54, 1.807) is 0 Å². The molecular formula is C14H24N4. The summed E-state index contributed by atoms with van der Waals surface area (Å²) in [5.74, 6) is 3.30. The van der Waals surface area contributed by atoms with Crippen LogP contribution in [0.2, 0.25) is 0 Å². The smallest absolute Gasteiger partial charge is 0.135 e. The van der Waals surface area contributed by atoms with Gasteiger partial charge < -0.3 is 10.2 Å². The van der Waals surface area contributed by atoms with Crippen molar-refractivity contribution in [3.63, 3.8) is 0 Å². The van der Waals surface area contributed by atoms with Gasteiger partial charge in [-0.1, -0.05) is 26.7 Å². The van der Waals surface area contributed by atoms with Crippen LogP contribution in [-0.4, -0.2) is 30.1 Å². The fourth-order valence-corrected chi connectivity index (χ4v) is 2.30. The largest absolute Gasteiger partial charge is 0.373 e. The minimum absolute atomic E-state index is 0.365. The van der Waals surface area contributed by atoms with Crippen molar-refractivity contribution < 1.29 is 0 Å². The molecule has 1 saturated heterocycles. The van der Waals surface area contributed by atoms with Crippen molar-refractivity contribution in [3.05, 3.63) is 11.9 Å². The van der Waals surface area contributed by atoms with Crippen molar-refractivity contribution in [1.82, 2.24) is 9.97 Å². The van der Waals surface area contributed by atoms with Gasteiger partial charge in [0.25, 0.3) is 0 Å². The van der Waals surface area contributed by atoms with E-state index >= 15 is 0 Å². The number of nitrogens with zero attached hydrogens (tertiary/aromatic N) is 3. The first-order chi connectivity index (χ1) is 8.70. The summed E-state index contributed by atoms with van der Waals surface area (Å²) in [6, 6.07) is 2.07. The fraction of sp³-hybridized carbons (Fsp3) is 0.714. The summed E-state index contributed by atoms with van der Waals surface area (Å²) in [4.78, 5) is 11.6. The van der Waals surface area contributed by atoms with Gasteiger partial charge in [-0.15, -0.1) is 0 Å². The molecular weight excluding hydrogens is 224 g/mol. The highest BCUT2D eigenvalue weighted by Gasteiger charge is 2.14. The number of anilines is 2. The molecule has 1 fully saturated rings. The van der Waals surface area contributed by atoms with Gasteiger partial charge in [0.2, 0.25) is 0 Å². The van der Waals surface area contributed by atoms with Crippen LogP contribution in [0.4, 0.5) is 11.6 Å². The first-order valence-corrected chi connectivity index (χ1v) is 7.02. The monoisotopic (exact) mass is 248 g/mol. The van der Waals surface area contributed by atoms with Gasteiger partial charge in [0.1, 0.15) is 17.5 Å². The Morgan fingerprint density at radius 3 is 2.33 bits per heavy atom. The highest BCUT2D eigenvalue weighted by atomic mass is 15.2. The zero-order chi connectivity index (χ0) is 13.0. The Morgan fingerprint density at radius 1 is 1.11 bits per heavy atom. The molecule has 0 unspecified atom stereocenters.